The molecule has 0 aliphatic rings. The Morgan fingerprint density at radius 2 is 1.52 bits per heavy atom. The normalized spacial score (nSPS) is 11.4. The standard InChI is InChI=1S/C19H11F7N2O2.Mn/c1-7-3-9(5-10(4-7)19(24,25)26)17(29)13-8(2)27-28(18(13)30)16-14(22)11(20)6-12(21)15(16)23;/h3-6,30H,1-2H3;. The number of carbonyl (C=O) groups is 1. The Balaban J connectivity index is 0.00000341. The molecule has 1 radical (unpaired) electrons. The van der Waals surface area contributed by atoms with Gasteiger partial charge >= 0.3 is 6.18 Å². The SMILES string of the molecule is Cc1cc(C(=O)c2c(C)nn(-c3c(F)c(F)cc(F)c3F)c2O)cc(C(F)(F)F)c1.[Mn]. The topological polar surface area (TPSA) is 55.1 Å². The van der Waals surface area contributed by atoms with E-state index in [2.05, 4.69) is 5.10 Å². The van der Waals surface area contributed by atoms with Crippen molar-refractivity contribution >= 4 is 5.78 Å². The molecular weight excluding hydrogens is 476 g/mol. The van der Waals surface area contributed by atoms with Crippen molar-refractivity contribution in [2.24, 2.45) is 0 Å². The molecule has 0 atom stereocenters. The second-order valence-corrected chi connectivity index (χ2v) is 6.43. The molecule has 0 fully saturated rings. The van der Waals surface area contributed by atoms with Crippen molar-refractivity contribution in [2.75, 3.05) is 0 Å². The van der Waals surface area contributed by atoms with E-state index in [1.165, 1.54) is 6.92 Å². The van der Waals surface area contributed by atoms with E-state index in [1.807, 2.05) is 0 Å². The average molecular weight is 487 g/mol. The zero-order valence-electron chi connectivity index (χ0n) is 15.6. The van der Waals surface area contributed by atoms with Gasteiger partial charge in [-0.1, -0.05) is 0 Å². The van der Waals surface area contributed by atoms with Gasteiger partial charge in [0.2, 0.25) is 5.88 Å². The minimum absolute atomic E-state index is 0. The minimum atomic E-state index is -4.76. The van der Waals surface area contributed by atoms with Crippen molar-refractivity contribution in [1.29, 1.82) is 0 Å². The molecule has 2 aromatic carbocycles. The molecule has 3 rings (SSSR count). The number of halogens is 7. The molecule has 165 valence electrons. The second kappa shape index (κ2) is 8.35. The number of ketones is 1. The Kier molecular flexibility index (Phi) is 6.58. The molecule has 1 N–H and O–H groups in total. The van der Waals surface area contributed by atoms with Gasteiger partial charge in [-0.15, -0.1) is 0 Å². The van der Waals surface area contributed by atoms with Crippen molar-refractivity contribution in [2.45, 2.75) is 20.0 Å². The number of rotatable bonds is 3. The number of carbonyl (C=O) groups excluding carboxylic acids is 1. The predicted molar refractivity (Wildman–Crippen MR) is 89.4 cm³/mol. The summed E-state index contributed by atoms with van der Waals surface area (Å²) in [6.07, 6.45) is -4.76. The molecular formula is C19H11F7MnN2O2. The van der Waals surface area contributed by atoms with Gasteiger partial charge in [-0.3, -0.25) is 4.79 Å². The number of benzene rings is 2. The Bertz CT molecular complexity index is 1160. The van der Waals surface area contributed by atoms with Gasteiger partial charge in [0.15, 0.2) is 29.1 Å². The minimum Gasteiger partial charge on any atom is -0.493 e. The second-order valence-electron chi connectivity index (χ2n) is 6.43. The number of aromatic hydroxyl groups is 1. The molecule has 12 heteroatoms. The fraction of sp³-hybridized carbons (Fsp3) is 0.158. The maximum Gasteiger partial charge on any atom is 0.416 e. The summed E-state index contributed by atoms with van der Waals surface area (Å²) in [5.41, 5.74) is -3.96. The zero-order chi connectivity index (χ0) is 22.5. The van der Waals surface area contributed by atoms with Crippen molar-refractivity contribution in [1.82, 2.24) is 9.78 Å². The first-order valence-electron chi connectivity index (χ1n) is 8.18. The molecule has 3 aromatic rings. The molecule has 1 heterocycles. The molecule has 4 nitrogen and oxygen atoms in total. The molecule has 0 spiro atoms. The van der Waals surface area contributed by atoms with Crippen LogP contribution in [-0.4, -0.2) is 20.7 Å². The first-order chi connectivity index (χ1) is 13.8. The van der Waals surface area contributed by atoms with Gasteiger partial charge in [0.25, 0.3) is 0 Å². The maximum atomic E-state index is 14.0. The summed E-state index contributed by atoms with van der Waals surface area (Å²) in [6.45, 7) is 2.43. The smallest absolute Gasteiger partial charge is 0.416 e. The van der Waals surface area contributed by atoms with Crippen LogP contribution < -0.4 is 0 Å². The maximum absolute atomic E-state index is 14.0. The third-order valence-electron chi connectivity index (χ3n) is 4.23. The fourth-order valence-corrected chi connectivity index (χ4v) is 2.91. The van der Waals surface area contributed by atoms with Gasteiger partial charge in [0.1, 0.15) is 11.3 Å². The van der Waals surface area contributed by atoms with E-state index in [-0.39, 0.29) is 39.1 Å². The Morgan fingerprint density at radius 1 is 0.968 bits per heavy atom. The van der Waals surface area contributed by atoms with E-state index in [0.717, 1.165) is 19.1 Å². The van der Waals surface area contributed by atoms with Gasteiger partial charge < -0.3 is 5.11 Å². The van der Waals surface area contributed by atoms with Crippen molar-refractivity contribution in [3.05, 3.63) is 75.5 Å². The largest absolute Gasteiger partial charge is 0.493 e. The zero-order valence-corrected chi connectivity index (χ0v) is 16.8. The van der Waals surface area contributed by atoms with E-state index in [4.69, 9.17) is 0 Å². The number of alkyl halides is 3. The Labute approximate surface area is 180 Å². The number of hydrogen-bond donors (Lipinski definition) is 1. The molecule has 31 heavy (non-hydrogen) atoms. The summed E-state index contributed by atoms with van der Waals surface area (Å²) >= 11 is 0. The van der Waals surface area contributed by atoms with Crippen LogP contribution in [0.5, 0.6) is 5.88 Å². The first kappa shape index (κ1) is 24.4. The molecule has 0 amide bonds. The van der Waals surface area contributed by atoms with Crippen LogP contribution in [0.2, 0.25) is 0 Å². The van der Waals surface area contributed by atoms with Gasteiger partial charge in [-0.2, -0.15) is 23.0 Å². The van der Waals surface area contributed by atoms with Crippen LogP contribution in [0.4, 0.5) is 30.7 Å². The third-order valence-corrected chi connectivity index (χ3v) is 4.23. The quantitative estimate of drug-likeness (QED) is 0.245. The average Bonchev–Trinajstić information content (AvgIpc) is 2.92. The molecule has 1 aromatic heterocycles. The molecule has 0 aliphatic carbocycles. The van der Waals surface area contributed by atoms with Crippen LogP contribution in [0.3, 0.4) is 0 Å². The molecule has 0 saturated heterocycles. The van der Waals surface area contributed by atoms with Crippen molar-refractivity contribution < 1.29 is 57.7 Å². The number of aromatic nitrogens is 2. The summed E-state index contributed by atoms with van der Waals surface area (Å²) in [7, 11) is 0. The molecule has 0 saturated carbocycles. The fourth-order valence-electron chi connectivity index (χ4n) is 2.91. The summed E-state index contributed by atoms with van der Waals surface area (Å²) < 4.78 is 94.2. The first-order valence-corrected chi connectivity index (χ1v) is 8.18. The van der Waals surface area contributed by atoms with Crippen LogP contribution >= 0.6 is 0 Å². The Hall–Kier alpha value is -2.85. The van der Waals surface area contributed by atoms with Crippen LogP contribution in [0, 0.1) is 37.1 Å². The van der Waals surface area contributed by atoms with Crippen molar-refractivity contribution in [3.8, 4) is 11.6 Å². The summed E-state index contributed by atoms with van der Waals surface area (Å²) in [6, 6.07) is 2.39. The van der Waals surface area contributed by atoms with E-state index < -0.39 is 63.5 Å². The van der Waals surface area contributed by atoms with Gasteiger partial charge in [0.05, 0.1) is 11.3 Å². The number of aryl methyl sites for hydroxylation is 2. The molecule has 0 bridgehead atoms. The predicted octanol–water partition coefficient (Wildman–Crippen LogP) is 5.00. The summed E-state index contributed by atoms with van der Waals surface area (Å²) in [4.78, 5) is 12.8. The van der Waals surface area contributed by atoms with Gasteiger partial charge in [0, 0.05) is 28.7 Å². The monoisotopic (exact) mass is 487 g/mol. The van der Waals surface area contributed by atoms with E-state index in [9.17, 15) is 40.6 Å². The van der Waals surface area contributed by atoms with Crippen molar-refractivity contribution in [3.63, 3.8) is 0 Å². The van der Waals surface area contributed by atoms with Gasteiger partial charge in [-0.05, 0) is 37.6 Å². The number of hydrogen-bond acceptors (Lipinski definition) is 3. The van der Waals surface area contributed by atoms with Crippen LogP contribution in [0.25, 0.3) is 5.69 Å². The third kappa shape index (κ3) is 4.31. The van der Waals surface area contributed by atoms with E-state index in [0.29, 0.717) is 6.07 Å². The summed E-state index contributed by atoms with van der Waals surface area (Å²) in [5, 5.41) is 13.8. The summed E-state index contributed by atoms with van der Waals surface area (Å²) in [5.74, 6) is -9.67. The number of nitrogens with zero attached hydrogens (tertiary/aromatic N) is 2. The van der Waals surface area contributed by atoms with Gasteiger partial charge in [-0.25, -0.2) is 17.6 Å². The molecule has 0 unspecified atom stereocenters. The molecule has 0 aliphatic heterocycles. The van der Waals surface area contributed by atoms with E-state index >= 15 is 0 Å². The van der Waals surface area contributed by atoms with Crippen LogP contribution in [0.15, 0.2) is 24.3 Å². The Morgan fingerprint density at radius 3 is 2.03 bits per heavy atom. The van der Waals surface area contributed by atoms with Crippen LogP contribution in [-0.2, 0) is 23.2 Å². The van der Waals surface area contributed by atoms with E-state index in [1.54, 1.807) is 0 Å². The van der Waals surface area contributed by atoms with Crippen LogP contribution in [0.1, 0.15) is 32.7 Å².